The van der Waals surface area contributed by atoms with Gasteiger partial charge in [-0.05, 0) is 50.6 Å². The second-order valence-electron chi connectivity index (χ2n) is 6.05. The van der Waals surface area contributed by atoms with Crippen LogP contribution in [0.4, 0.5) is 5.69 Å². The zero-order valence-electron chi connectivity index (χ0n) is 13.3. The third-order valence-corrected chi connectivity index (χ3v) is 4.20. The van der Waals surface area contributed by atoms with Gasteiger partial charge in [0.2, 0.25) is 5.91 Å². The van der Waals surface area contributed by atoms with Crippen LogP contribution in [-0.2, 0) is 11.8 Å². The third kappa shape index (κ3) is 3.34. The molecule has 1 aromatic carbocycles. The summed E-state index contributed by atoms with van der Waals surface area (Å²) in [6.07, 6.45) is 3.18. The maximum atomic E-state index is 12.3. The molecular formula is C16H21N5O2. The van der Waals surface area contributed by atoms with Crippen molar-refractivity contribution in [3.63, 3.8) is 0 Å². The van der Waals surface area contributed by atoms with Crippen LogP contribution in [0.5, 0.6) is 0 Å². The van der Waals surface area contributed by atoms with E-state index in [1.54, 1.807) is 31.3 Å². The van der Waals surface area contributed by atoms with E-state index in [2.05, 4.69) is 22.7 Å². The molecule has 1 fully saturated rings. The number of benzene rings is 1. The highest BCUT2D eigenvalue weighted by Crippen LogP contribution is 2.19. The number of aryl methyl sites for hydroxylation is 1. The highest BCUT2D eigenvalue weighted by molar-refractivity contribution is 5.92. The van der Waals surface area contributed by atoms with Gasteiger partial charge in [0.15, 0.2) is 0 Å². The molecule has 0 aliphatic carbocycles. The molecule has 23 heavy (non-hydrogen) atoms. The van der Waals surface area contributed by atoms with Crippen molar-refractivity contribution in [3.8, 4) is 5.69 Å². The van der Waals surface area contributed by atoms with Crippen molar-refractivity contribution in [1.82, 2.24) is 19.7 Å². The summed E-state index contributed by atoms with van der Waals surface area (Å²) in [4.78, 5) is 24.2. The number of carbonyl (C=O) groups excluding carboxylic acids is 1. The molecule has 2 atom stereocenters. The van der Waals surface area contributed by atoms with Gasteiger partial charge >= 0.3 is 5.69 Å². The smallest absolute Gasteiger partial charge is 0.326 e. The minimum absolute atomic E-state index is 0.0457. The second kappa shape index (κ2) is 6.37. The van der Waals surface area contributed by atoms with E-state index in [4.69, 9.17) is 0 Å². The van der Waals surface area contributed by atoms with Crippen molar-refractivity contribution in [2.24, 2.45) is 13.0 Å². The molecule has 1 aliphatic heterocycles. The third-order valence-electron chi connectivity index (χ3n) is 4.20. The number of rotatable bonds is 3. The Kier molecular flexibility index (Phi) is 4.29. The molecule has 122 valence electrons. The molecular weight excluding hydrogens is 294 g/mol. The predicted octanol–water partition coefficient (Wildman–Crippen LogP) is 0.898. The summed E-state index contributed by atoms with van der Waals surface area (Å²) in [5, 5.41) is 10.3. The Bertz CT molecular complexity index is 747. The van der Waals surface area contributed by atoms with Crippen LogP contribution < -0.4 is 16.3 Å². The normalized spacial score (nSPS) is 21.1. The van der Waals surface area contributed by atoms with Crippen LogP contribution in [0.3, 0.4) is 0 Å². The number of anilines is 1. The zero-order chi connectivity index (χ0) is 16.4. The summed E-state index contributed by atoms with van der Waals surface area (Å²) >= 11 is 0. The summed E-state index contributed by atoms with van der Waals surface area (Å²) in [6, 6.07) is 7.50. The molecule has 3 rings (SSSR count). The Balaban J connectivity index is 1.69. The lowest BCUT2D eigenvalue weighted by atomic mass is 9.92. The van der Waals surface area contributed by atoms with Gasteiger partial charge in [-0.25, -0.2) is 4.79 Å². The highest BCUT2D eigenvalue weighted by atomic mass is 16.2. The van der Waals surface area contributed by atoms with Crippen LogP contribution in [0.15, 0.2) is 35.4 Å². The van der Waals surface area contributed by atoms with Crippen LogP contribution in [0.2, 0.25) is 0 Å². The molecule has 0 saturated carbocycles. The van der Waals surface area contributed by atoms with E-state index in [1.807, 2.05) is 0 Å². The Morgan fingerprint density at radius 1 is 1.35 bits per heavy atom. The van der Waals surface area contributed by atoms with Crippen LogP contribution in [0, 0.1) is 5.92 Å². The number of nitrogens with one attached hydrogen (secondary N) is 2. The fourth-order valence-electron chi connectivity index (χ4n) is 2.85. The molecule has 1 saturated heterocycles. The van der Waals surface area contributed by atoms with Gasteiger partial charge < -0.3 is 10.6 Å². The van der Waals surface area contributed by atoms with Crippen molar-refractivity contribution in [2.45, 2.75) is 25.8 Å². The molecule has 7 heteroatoms. The molecule has 7 nitrogen and oxygen atoms in total. The van der Waals surface area contributed by atoms with E-state index in [-0.39, 0.29) is 17.5 Å². The minimum Gasteiger partial charge on any atom is -0.326 e. The lowest BCUT2D eigenvalue weighted by molar-refractivity contribution is -0.120. The van der Waals surface area contributed by atoms with Gasteiger partial charge in [-0.1, -0.05) is 0 Å². The minimum atomic E-state index is -0.203. The van der Waals surface area contributed by atoms with Crippen molar-refractivity contribution in [3.05, 3.63) is 41.1 Å². The molecule has 1 amide bonds. The second-order valence-corrected chi connectivity index (χ2v) is 6.05. The van der Waals surface area contributed by atoms with E-state index >= 15 is 0 Å². The number of carbonyl (C=O) groups is 1. The van der Waals surface area contributed by atoms with Gasteiger partial charge in [0.1, 0.15) is 6.33 Å². The average Bonchev–Trinajstić information content (AvgIpc) is 2.88. The summed E-state index contributed by atoms with van der Waals surface area (Å²) < 4.78 is 2.73. The maximum Gasteiger partial charge on any atom is 0.350 e. The van der Waals surface area contributed by atoms with Crippen LogP contribution in [0.1, 0.15) is 19.8 Å². The Morgan fingerprint density at radius 2 is 2.09 bits per heavy atom. The topological polar surface area (TPSA) is 81.0 Å². The lowest BCUT2D eigenvalue weighted by Gasteiger charge is -2.27. The van der Waals surface area contributed by atoms with E-state index in [0.29, 0.717) is 11.7 Å². The van der Waals surface area contributed by atoms with Gasteiger partial charge in [-0.15, -0.1) is 0 Å². The van der Waals surface area contributed by atoms with Gasteiger partial charge in [0, 0.05) is 24.7 Å². The summed E-state index contributed by atoms with van der Waals surface area (Å²) in [5.74, 6) is 0.102. The number of aromatic nitrogens is 3. The first kappa shape index (κ1) is 15.5. The Labute approximate surface area is 134 Å². The summed E-state index contributed by atoms with van der Waals surface area (Å²) in [6.45, 7) is 2.97. The Hall–Kier alpha value is -2.41. The molecule has 0 bridgehead atoms. The first-order chi connectivity index (χ1) is 11.0. The van der Waals surface area contributed by atoms with Gasteiger partial charge in [-0.3, -0.25) is 9.36 Å². The number of piperidine rings is 1. The SMILES string of the molecule is C[C@H]1C[C@@H](C(=O)Nc2ccc(-n3ncn(C)c3=O)cc2)CCN1. The van der Waals surface area contributed by atoms with Gasteiger partial charge in [0.25, 0.3) is 0 Å². The molecule has 1 aromatic heterocycles. The van der Waals surface area contributed by atoms with Crippen molar-refractivity contribution < 1.29 is 4.79 Å². The summed E-state index contributed by atoms with van der Waals surface area (Å²) in [7, 11) is 1.65. The highest BCUT2D eigenvalue weighted by Gasteiger charge is 2.24. The van der Waals surface area contributed by atoms with E-state index in [1.165, 1.54) is 15.6 Å². The molecule has 2 N–H and O–H groups in total. The molecule has 0 unspecified atom stereocenters. The van der Waals surface area contributed by atoms with Gasteiger partial charge in [0.05, 0.1) is 5.69 Å². The van der Waals surface area contributed by atoms with Crippen LogP contribution in [0.25, 0.3) is 5.69 Å². The maximum absolute atomic E-state index is 12.3. The molecule has 2 aromatic rings. The fourth-order valence-corrected chi connectivity index (χ4v) is 2.85. The molecule has 1 aliphatic rings. The van der Waals surface area contributed by atoms with Crippen molar-refractivity contribution in [1.29, 1.82) is 0 Å². The van der Waals surface area contributed by atoms with Gasteiger partial charge in [-0.2, -0.15) is 9.78 Å². The van der Waals surface area contributed by atoms with Crippen LogP contribution >= 0.6 is 0 Å². The predicted molar refractivity (Wildman–Crippen MR) is 87.6 cm³/mol. The van der Waals surface area contributed by atoms with E-state index < -0.39 is 0 Å². The lowest BCUT2D eigenvalue weighted by Crippen LogP contribution is -2.40. The number of amides is 1. The van der Waals surface area contributed by atoms with Crippen LogP contribution in [-0.4, -0.2) is 32.8 Å². The Morgan fingerprint density at radius 3 is 2.70 bits per heavy atom. The molecule has 2 heterocycles. The van der Waals surface area contributed by atoms with Crippen molar-refractivity contribution in [2.75, 3.05) is 11.9 Å². The number of hydrogen-bond donors (Lipinski definition) is 2. The number of hydrogen-bond acceptors (Lipinski definition) is 4. The van der Waals surface area contributed by atoms with E-state index in [0.717, 1.165) is 25.1 Å². The largest absolute Gasteiger partial charge is 0.350 e. The zero-order valence-corrected chi connectivity index (χ0v) is 13.3. The molecule has 0 radical (unpaired) electrons. The monoisotopic (exact) mass is 315 g/mol. The standard InChI is InChI=1S/C16H21N5O2/c1-11-9-12(7-8-17-11)15(22)19-13-3-5-14(6-4-13)21-16(23)20(2)10-18-21/h3-6,10-12,17H,7-9H2,1-2H3,(H,19,22)/t11-,12-/m0/s1. The van der Waals surface area contributed by atoms with Crippen molar-refractivity contribution >= 4 is 11.6 Å². The fraction of sp³-hybridized carbons (Fsp3) is 0.438. The average molecular weight is 315 g/mol. The number of nitrogens with zero attached hydrogens (tertiary/aromatic N) is 3. The molecule has 0 spiro atoms. The quantitative estimate of drug-likeness (QED) is 0.882. The summed E-state index contributed by atoms with van der Waals surface area (Å²) in [5.41, 5.74) is 1.20. The van der Waals surface area contributed by atoms with E-state index in [9.17, 15) is 9.59 Å². The first-order valence-corrected chi connectivity index (χ1v) is 7.80. The first-order valence-electron chi connectivity index (χ1n) is 7.80.